The summed E-state index contributed by atoms with van der Waals surface area (Å²) in [5.41, 5.74) is 2.08. The standard InChI is InChI=1S/C12H17N3O2/c1-3-11-10(6-8(2)13-14-11)12(17)15-5-4-9(16)7-15/h6,9,16H,3-5,7H2,1-2H3/t9-/m1/s1. The van der Waals surface area contributed by atoms with Crippen LogP contribution in [-0.4, -0.2) is 45.3 Å². The highest BCUT2D eigenvalue weighted by Gasteiger charge is 2.27. The van der Waals surface area contributed by atoms with Gasteiger partial charge in [0.15, 0.2) is 0 Å². The maximum Gasteiger partial charge on any atom is 0.255 e. The minimum Gasteiger partial charge on any atom is -0.391 e. The van der Waals surface area contributed by atoms with Crippen molar-refractivity contribution in [2.75, 3.05) is 13.1 Å². The predicted molar refractivity (Wildman–Crippen MR) is 62.7 cm³/mol. The maximum absolute atomic E-state index is 12.3. The third-order valence-corrected chi connectivity index (χ3v) is 3.01. The van der Waals surface area contributed by atoms with E-state index < -0.39 is 0 Å². The zero-order chi connectivity index (χ0) is 12.4. The first-order valence-corrected chi connectivity index (χ1v) is 5.92. The monoisotopic (exact) mass is 235 g/mol. The van der Waals surface area contributed by atoms with Crippen LogP contribution in [0.1, 0.15) is 35.1 Å². The zero-order valence-corrected chi connectivity index (χ0v) is 10.2. The van der Waals surface area contributed by atoms with Gasteiger partial charge in [-0.1, -0.05) is 6.92 Å². The van der Waals surface area contributed by atoms with E-state index >= 15 is 0 Å². The molecule has 1 saturated heterocycles. The van der Waals surface area contributed by atoms with Gasteiger partial charge in [0.05, 0.1) is 23.1 Å². The molecule has 1 atom stereocenters. The number of aliphatic hydroxyl groups excluding tert-OH is 1. The highest BCUT2D eigenvalue weighted by molar-refractivity contribution is 5.95. The highest BCUT2D eigenvalue weighted by atomic mass is 16.3. The first kappa shape index (κ1) is 12.0. The molecular weight excluding hydrogens is 218 g/mol. The zero-order valence-electron chi connectivity index (χ0n) is 10.2. The Kier molecular flexibility index (Phi) is 3.38. The molecule has 0 saturated carbocycles. The summed E-state index contributed by atoms with van der Waals surface area (Å²) in [4.78, 5) is 14.0. The van der Waals surface area contributed by atoms with E-state index in [2.05, 4.69) is 10.2 Å². The topological polar surface area (TPSA) is 66.3 Å². The fourth-order valence-electron chi connectivity index (χ4n) is 2.06. The summed E-state index contributed by atoms with van der Waals surface area (Å²) in [5, 5.41) is 17.5. The van der Waals surface area contributed by atoms with Gasteiger partial charge < -0.3 is 10.0 Å². The van der Waals surface area contributed by atoms with Gasteiger partial charge >= 0.3 is 0 Å². The smallest absolute Gasteiger partial charge is 0.255 e. The van der Waals surface area contributed by atoms with E-state index in [1.165, 1.54) is 0 Å². The molecule has 0 unspecified atom stereocenters. The maximum atomic E-state index is 12.3. The number of carbonyl (C=O) groups excluding carboxylic acids is 1. The fourth-order valence-corrected chi connectivity index (χ4v) is 2.06. The largest absolute Gasteiger partial charge is 0.391 e. The van der Waals surface area contributed by atoms with Crippen molar-refractivity contribution >= 4 is 5.91 Å². The fraction of sp³-hybridized carbons (Fsp3) is 0.583. The van der Waals surface area contributed by atoms with Crippen LogP contribution in [0.25, 0.3) is 0 Å². The number of aliphatic hydroxyl groups is 1. The minimum absolute atomic E-state index is 0.0450. The Balaban J connectivity index is 2.26. The van der Waals surface area contributed by atoms with Gasteiger partial charge in [-0.15, -0.1) is 0 Å². The lowest BCUT2D eigenvalue weighted by Gasteiger charge is -2.17. The van der Waals surface area contributed by atoms with Crippen LogP contribution in [-0.2, 0) is 6.42 Å². The second kappa shape index (κ2) is 4.79. The molecule has 1 aliphatic rings. The van der Waals surface area contributed by atoms with Gasteiger partial charge in [0.25, 0.3) is 5.91 Å². The van der Waals surface area contributed by atoms with E-state index in [0.717, 1.165) is 11.4 Å². The Hall–Kier alpha value is -1.49. The normalized spacial score (nSPS) is 19.7. The van der Waals surface area contributed by atoms with E-state index in [4.69, 9.17) is 0 Å². The van der Waals surface area contributed by atoms with Crippen molar-refractivity contribution in [3.8, 4) is 0 Å². The van der Waals surface area contributed by atoms with Gasteiger partial charge in [-0.3, -0.25) is 4.79 Å². The summed E-state index contributed by atoms with van der Waals surface area (Å²) in [5.74, 6) is -0.0450. The SMILES string of the molecule is CCc1nnc(C)cc1C(=O)N1CC[C@@H](O)C1. The molecule has 0 bridgehead atoms. The van der Waals surface area contributed by atoms with Gasteiger partial charge in [-0.25, -0.2) is 0 Å². The van der Waals surface area contributed by atoms with Gasteiger partial charge in [0.1, 0.15) is 0 Å². The highest BCUT2D eigenvalue weighted by Crippen LogP contribution is 2.16. The average molecular weight is 235 g/mol. The molecule has 1 fully saturated rings. The number of β-amino-alcohol motifs (C(OH)–C–C–N with tert-alkyl or cyclic N) is 1. The van der Waals surface area contributed by atoms with Crippen molar-refractivity contribution in [3.63, 3.8) is 0 Å². The van der Waals surface area contributed by atoms with Gasteiger partial charge in [0.2, 0.25) is 0 Å². The van der Waals surface area contributed by atoms with Crippen LogP contribution in [0.2, 0.25) is 0 Å². The molecule has 1 aliphatic heterocycles. The lowest BCUT2D eigenvalue weighted by atomic mass is 10.1. The third kappa shape index (κ3) is 2.44. The van der Waals surface area contributed by atoms with Crippen molar-refractivity contribution in [1.82, 2.24) is 15.1 Å². The van der Waals surface area contributed by atoms with E-state index in [-0.39, 0.29) is 12.0 Å². The van der Waals surface area contributed by atoms with Crippen molar-refractivity contribution < 1.29 is 9.90 Å². The summed E-state index contributed by atoms with van der Waals surface area (Å²) >= 11 is 0. The van der Waals surface area contributed by atoms with Crippen LogP contribution in [0.3, 0.4) is 0 Å². The van der Waals surface area contributed by atoms with Crippen LogP contribution in [0.15, 0.2) is 6.07 Å². The number of carbonyl (C=O) groups is 1. The molecule has 0 aromatic carbocycles. The molecule has 1 aromatic rings. The molecule has 2 heterocycles. The predicted octanol–water partition coefficient (Wildman–Crippen LogP) is 0.554. The van der Waals surface area contributed by atoms with E-state index in [1.54, 1.807) is 11.0 Å². The van der Waals surface area contributed by atoms with Crippen LogP contribution >= 0.6 is 0 Å². The summed E-state index contributed by atoms with van der Waals surface area (Å²) in [7, 11) is 0. The summed E-state index contributed by atoms with van der Waals surface area (Å²) in [6.45, 7) is 4.81. The van der Waals surface area contributed by atoms with Crippen molar-refractivity contribution in [3.05, 3.63) is 23.0 Å². The van der Waals surface area contributed by atoms with Crippen molar-refractivity contribution in [2.24, 2.45) is 0 Å². The minimum atomic E-state index is -0.389. The van der Waals surface area contributed by atoms with E-state index in [1.807, 2.05) is 13.8 Å². The van der Waals surface area contributed by atoms with E-state index in [0.29, 0.717) is 31.5 Å². The van der Waals surface area contributed by atoms with Crippen LogP contribution in [0.5, 0.6) is 0 Å². The van der Waals surface area contributed by atoms with Crippen LogP contribution < -0.4 is 0 Å². The van der Waals surface area contributed by atoms with Gasteiger partial charge in [0, 0.05) is 13.1 Å². The second-order valence-corrected chi connectivity index (χ2v) is 4.39. The molecule has 1 amide bonds. The Labute approximate surface area is 100 Å². The van der Waals surface area contributed by atoms with Gasteiger partial charge in [-0.2, -0.15) is 10.2 Å². The molecule has 2 rings (SSSR count). The van der Waals surface area contributed by atoms with Crippen molar-refractivity contribution in [2.45, 2.75) is 32.8 Å². The first-order valence-electron chi connectivity index (χ1n) is 5.92. The quantitative estimate of drug-likeness (QED) is 0.813. The summed E-state index contributed by atoms with van der Waals surface area (Å²) < 4.78 is 0. The number of rotatable bonds is 2. The lowest BCUT2D eigenvalue weighted by molar-refractivity contribution is 0.0763. The summed E-state index contributed by atoms with van der Waals surface area (Å²) in [6.07, 6.45) is 0.954. The lowest BCUT2D eigenvalue weighted by Crippen LogP contribution is -2.30. The Morgan fingerprint density at radius 2 is 2.35 bits per heavy atom. The van der Waals surface area contributed by atoms with E-state index in [9.17, 15) is 9.90 Å². The number of nitrogens with zero attached hydrogens (tertiary/aromatic N) is 3. The number of hydrogen-bond donors (Lipinski definition) is 1. The molecule has 1 N–H and O–H groups in total. The second-order valence-electron chi connectivity index (χ2n) is 4.39. The Morgan fingerprint density at radius 3 is 2.94 bits per heavy atom. The number of aromatic nitrogens is 2. The molecule has 5 nitrogen and oxygen atoms in total. The molecular formula is C12H17N3O2. The molecule has 0 radical (unpaired) electrons. The molecule has 17 heavy (non-hydrogen) atoms. The number of aryl methyl sites for hydroxylation is 2. The Morgan fingerprint density at radius 1 is 1.59 bits per heavy atom. The third-order valence-electron chi connectivity index (χ3n) is 3.01. The molecule has 0 spiro atoms. The van der Waals surface area contributed by atoms with Crippen LogP contribution in [0.4, 0.5) is 0 Å². The molecule has 5 heteroatoms. The number of likely N-dealkylation sites (tertiary alicyclic amines) is 1. The number of hydrogen-bond acceptors (Lipinski definition) is 4. The Bertz CT molecular complexity index is 434. The molecule has 0 aliphatic carbocycles. The van der Waals surface area contributed by atoms with Crippen molar-refractivity contribution in [1.29, 1.82) is 0 Å². The summed E-state index contributed by atoms with van der Waals surface area (Å²) in [6, 6.07) is 1.78. The molecule has 92 valence electrons. The first-order chi connectivity index (χ1) is 8.11. The van der Waals surface area contributed by atoms with Gasteiger partial charge in [-0.05, 0) is 25.8 Å². The number of amides is 1. The van der Waals surface area contributed by atoms with Crippen LogP contribution in [0, 0.1) is 6.92 Å². The average Bonchev–Trinajstić information content (AvgIpc) is 2.75. The molecule has 1 aromatic heterocycles.